The van der Waals surface area contributed by atoms with Crippen LogP contribution in [0, 0.1) is 11.6 Å². The van der Waals surface area contributed by atoms with Crippen LogP contribution in [-0.4, -0.2) is 27.4 Å². The number of aromatic amines is 1. The molecular formula is C22H19F2N3O2. The summed E-state index contributed by atoms with van der Waals surface area (Å²) in [6.07, 6.45) is 3.36. The summed E-state index contributed by atoms with van der Waals surface area (Å²) in [4.78, 5) is 29.1. The number of fused-ring (bicyclic) bond motifs is 2. The molecule has 0 spiro atoms. The third kappa shape index (κ3) is 3.08. The molecule has 1 N–H and O–H groups in total. The number of amides is 1. The molecule has 0 aliphatic rings. The first-order valence-corrected chi connectivity index (χ1v) is 9.10. The molecule has 0 aliphatic heterocycles. The van der Waals surface area contributed by atoms with E-state index in [1.54, 1.807) is 20.0 Å². The van der Waals surface area contributed by atoms with Gasteiger partial charge >= 0.3 is 0 Å². The molecule has 0 fully saturated rings. The van der Waals surface area contributed by atoms with Gasteiger partial charge in [-0.1, -0.05) is 0 Å². The van der Waals surface area contributed by atoms with E-state index in [1.165, 1.54) is 11.1 Å². The van der Waals surface area contributed by atoms with Crippen LogP contribution in [0.15, 0.2) is 53.6 Å². The van der Waals surface area contributed by atoms with Gasteiger partial charge in [0, 0.05) is 43.0 Å². The Labute approximate surface area is 165 Å². The zero-order valence-corrected chi connectivity index (χ0v) is 16.2. The van der Waals surface area contributed by atoms with Crippen LogP contribution in [0.25, 0.3) is 21.7 Å². The van der Waals surface area contributed by atoms with Gasteiger partial charge in [0.1, 0.15) is 0 Å². The van der Waals surface area contributed by atoms with Crippen molar-refractivity contribution in [3.05, 3.63) is 81.9 Å². The lowest BCUT2D eigenvalue weighted by Gasteiger charge is -2.26. The van der Waals surface area contributed by atoms with Crippen molar-refractivity contribution in [3.63, 3.8) is 0 Å². The van der Waals surface area contributed by atoms with Crippen molar-refractivity contribution in [3.8, 4) is 0 Å². The molecule has 2 aromatic heterocycles. The van der Waals surface area contributed by atoms with Gasteiger partial charge in [-0.3, -0.25) is 9.59 Å². The first kappa shape index (κ1) is 18.9. The van der Waals surface area contributed by atoms with Crippen LogP contribution in [-0.2, 0) is 7.05 Å². The van der Waals surface area contributed by atoms with E-state index >= 15 is 0 Å². The number of H-pyrrole nitrogens is 1. The maximum Gasteiger partial charge on any atom is 0.255 e. The summed E-state index contributed by atoms with van der Waals surface area (Å²) in [7, 11) is 3.57. The summed E-state index contributed by atoms with van der Waals surface area (Å²) in [6, 6.07) is 8.79. The van der Waals surface area contributed by atoms with Crippen LogP contribution in [0.2, 0.25) is 0 Å². The topological polar surface area (TPSA) is 58.1 Å². The molecule has 7 heteroatoms. The number of hydrogen-bond donors (Lipinski definition) is 1. The smallest absolute Gasteiger partial charge is 0.255 e. The second-order valence-corrected chi connectivity index (χ2v) is 7.18. The van der Waals surface area contributed by atoms with Gasteiger partial charge in [-0.25, -0.2) is 8.78 Å². The molecule has 0 unspecified atom stereocenters. The fraction of sp³-hybridized carbons (Fsp3) is 0.182. The van der Waals surface area contributed by atoms with Crippen LogP contribution in [0.3, 0.4) is 0 Å². The summed E-state index contributed by atoms with van der Waals surface area (Å²) in [5.74, 6) is -2.35. The summed E-state index contributed by atoms with van der Waals surface area (Å²) in [5.41, 5.74) is 1.54. The average molecular weight is 395 g/mol. The van der Waals surface area contributed by atoms with Gasteiger partial charge in [0.05, 0.1) is 11.4 Å². The summed E-state index contributed by atoms with van der Waals surface area (Å²) >= 11 is 0. The number of nitrogens with zero attached hydrogens (tertiary/aromatic N) is 2. The predicted octanol–water partition coefficient (Wildman–Crippen LogP) is 4.13. The molecule has 4 aromatic rings. The number of carbonyl (C=O) groups excluding carboxylic acids is 1. The fourth-order valence-corrected chi connectivity index (χ4v) is 3.62. The lowest BCUT2D eigenvalue weighted by atomic mass is 10.0. The van der Waals surface area contributed by atoms with Gasteiger partial charge in [0.15, 0.2) is 11.6 Å². The van der Waals surface area contributed by atoms with Crippen molar-refractivity contribution in [2.45, 2.75) is 13.0 Å². The van der Waals surface area contributed by atoms with Crippen molar-refractivity contribution in [1.29, 1.82) is 0 Å². The van der Waals surface area contributed by atoms with Crippen molar-refractivity contribution < 1.29 is 13.6 Å². The molecule has 1 atom stereocenters. The SMILES string of the molecule is C[C@H](c1c[nH]c(=O)c2cc(F)c(F)cc12)N(C)C(=O)c1ccc2c(ccn2C)c1. The highest BCUT2D eigenvalue weighted by Gasteiger charge is 2.22. The molecule has 2 heterocycles. The lowest BCUT2D eigenvalue weighted by molar-refractivity contribution is 0.0743. The van der Waals surface area contributed by atoms with Crippen molar-refractivity contribution >= 4 is 27.6 Å². The number of pyridine rings is 1. The highest BCUT2D eigenvalue weighted by atomic mass is 19.2. The van der Waals surface area contributed by atoms with Crippen LogP contribution in [0.5, 0.6) is 0 Å². The first-order valence-electron chi connectivity index (χ1n) is 9.10. The molecule has 1 amide bonds. The summed E-state index contributed by atoms with van der Waals surface area (Å²) < 4.78 is 29.4. The number of carbonyl (C=O) groups is 1. The summed E-state index contributed by atoms with van der Waals surface area (Å²) in [6.45, 7) is 1.77. The van der Waals surface area contributed by atoms with E-state index in [0.29, 0.717) is 11.1 Å². The van der Waals surface area contributed by atoms with E-state index in [0.717, 1.165) is 23.0 Å². The maximum absolute atomic E-state index is 13.8. The molecule has 0 radical (unpaired) electrons. The van der Waals surface area contributed by atoms with E-state index in [1.807, 2.05) is 36.0 Å². The Kier molecular flexibility index (Phi) is 4.45. The lowest BCUT2D eigenvalue weighted by Crippen LogP contribution is -2.30. The van der Waals surface area contributed by atoms with E-state index in [4.69, 9.17) is 0 Å². The third-order valence-electron chi connectivity index (χ3n) is 5.46. The molecule has 4 rings (SSSR count). The van der Waals surface area contributed by atoms with E-state index in [2.05, 4.69) is 4.98 Å². The number of halogens is 2. The summed E-state index contributed by atoms with van der Waals surface area (Å²) in [5, 5.41) is 1.27. The molecular weight excluding hydrogens is 376 g/mol. The quantitative estimate of drug-likeness (QED) is 0.567. The van der Waals surface area contributed by atoms with Gasteiger partial charge < -0.3 is 14.5 Å². The normalized spacial score (nSPS) is 12.4. The number of rotatable bonds is 3. The minimum absolute atomic E-state index is 0.0415. The fourth-order valence-electron chi connectivity index (χ4n) is 3.62. The van der Waals surface area contributed by atoms with Gasteiger partial charge in [0.25, 0.3) is 11.5 Å². The van der Waals surface area contributed by atoms with Gasteiger partial charge in [0.2, 0.25) is 0 Å². The predicted molar refractivity (Wildman–Crippen MR) is 108 cm³/mol. The Hall–Kier alpha value is -3.48. The first-order chi connectivity index (χ1) is 13.8. The molecule has 0 saturated heterocycles. The van der Waals surface area contributed by atoms with Gasteiger partial charge in [-0.2, -0.15) is 0 Å². The second-order valence-electron chi connectivity index (χ2n) is 7.18. The Morgan fingerprint density at radius 3 is 2.52 bits per heavy atom. The van der Waals surface area contributed by atoms with Crippen molar-refractivity contribution in [2.24, 2.45) is 7.05 Å². The van der Waals surface area contributed by atoms with E-state index in [-0.39, 0.29) is 16.7 Å². The molecule has 2 aromatic carbocycles. The second kappa shape index (κ2) is 6.84. The molecule has 5 nitrogen and oxygen atoms in total. The molecule has 29 heavy (non-hydrogen) atoms. The standard InChI is InChI=1S/C22H19F2N3O2/c1-12(17-11-25-21(28)16-10-19(24)18(23)9-15(16)17)27(3)22(29)14-4-5-20-13(8-14)6-7-26(20)2/h4-12H,1-3H3,(H,25,28)/t12-/m1/s1. The third-order valence-corrected chi connectivity index (χ3v) is 5.46. The van der Waals surface area contributed by atoms with Gasteiger partial charge in [-0.15, -0.1) is 0 Å². The minimum atomic E-state index is -1.09. The van der Waals surface area contributed by atoms with Crippen molar-refractivity contribution in [2.75, 3.05) is 7.05 Å². The largest absolute Gasteiger partial charge is 0.351 e. The highest BCUT2D eigenvalue weighted by molar-refractivity contribution is 5.98. The van der Waals surface area contributed by atoms with Crippen LogP contribution >= 0.6 is 0 Å². The Morgan fingerprint density at radius 2 is 1.79 bits per heavy atom. The molecule has 0 aliphatic carbocycles. The monoisotopic (exact) mass is 395 g/mol. The zero-order valence-electron chi connectivity index (χ0n) is 16.2. The zero-order chi connectivity index (χ0) is 20.9. The van der Waals surface area contributed by atoms with Gasteiger partial charge in [-0.05, 0) is 54.3 Å². The van der Waals surface area contributed by atoms with Crippen molar-refractivity contribution in [1.82, 2.24) is 14.5 Å². The average Bonchev–Trinajstić information content (AvgIpc) is 3.08. The Bertz CT molecular complexity index is 1320. The number of aryl methyl sites for hydroxylation is 1. The number of benzene rings is 2. The Balaban J connectivity index is 1.74. The molecule has 0 bridgehead atoms. The molecule has 148 valence electrons. The maximum atomic E-state index is 13.8. The number of nitrogens with one attached hydrogen (secondary N) is 1. The Morgan fingerprint density at radius 1 is 1.10 bits per heavy atom. The molecule has 0 saturated carbocycles. The van der Waals surface area contributed by atoms with Crippen LogP contribution in [0.1, 0.15) is 28.9 Å². The number of aromatic nitrogens is 2. The van der Waals surface area contributed by atoms with E-state index < -0.39 is 23.2 Å². The van der Waals surface area contributed by atoms with Crippen LogP contribution in [0.4, 0.5) is 8.78 Å². The van der Waals surface area contributed by atoms with E-state index in [9.17, 15) is 18.4 Å². The number of hydrogen-bond acceptors (Lipinski definition) is 2. The highest BCUT2D eigenvalue weighted by Crippen LogP contribution is 2.28. The van der Waals surface area contributed by atoms with Crippen LogP contribution < -0.4 is 5.56 Å². The minimum Gasteiger partial charge on any atom is -0.351 e.